The summed E-state index contributed by atoms with van der Waals surface area (Å²) in [5, 5.41) is 8.67. The van der Waals surface area contributed by atoms with Crippen molar-refractivity contribution >= 4 is 34.6 Å². The Kier molecular flexibility index (Phi) is 4.06. The van der Waals surface area contributed by atoms with Gasteiger partial charge in [0, 0.05) is 18.7 Å². The number of benzene rings is 1. The summed E-state index contributed by atoms with van der Waals surface area (Å²) in [5.41, 5.74) is 1.95. The second kappa shape index (κ2) is 5.75. The predicted octanol–water partition coefficient (Wildman–Crippen LogP) is 2.35. The summed E-state index contributed by atoms with van der Waals surface area (Å²) in [5.74, 6) is -1.09. The molecule has 1 amide bonds. The minimum atomic E-state index is -0.912. The maximum Gasteiger partial charge on any atom is 0.305 e. The molecule has 0 aliphatic carbocycles. The van der Waals surface area contributed by atoms with Gasteiger partial charge in [0.15, 0.2) is 0 Å². The molecule has 1 aliphatic rings. The topological polar surface area (TPSA) is 82.3 Å². The molecule has 0 atom stereocenters. The summed E-state index contributed by atoms with van der Waals surface area (Å²) in [7, 11) is 0. The lowest BCUT2D eigenvalue weighted by Crippen LogP contribution is -2.32. The van der Waals surface area contributed by atoms with Gasteiger partial charge in [-0.2, -0.15) is 8.73 Å². The molecular weight excluding hydrogens is 266 g/mol. The largest absolute Gasteiger partial charge is 0.481 e. The Hall–Kier alpha value is -2.02. The van der Waals surface area contributed by atoms with E-state index in [9.17, 15) is 9.59 Å². The molecule has 0 bridgehead atoms. The highest BCUT2D eigenvalue weighted by atomic mass is 32.1. The standard InChI is InChI=1S/C12H13N3O3S/c1-2-15(6-5-11(16)17)12(18)8-3-4-9-10(7-8)14-19-13-9/h3-4,7H,2,5-6H2,1H3,(H,16,17). The van der Waals surface area contributed by atoms with Gasteiger partial charge in [-0.25, -0.2) is 0 Å². The molecule has 6 nitrogen and oxygen atoms in total. The molecule has 0 spiro atoms. The maximum atomic E-state index is 12.2. The van der Waals surface area contributed by atoms with Gasteiger partial charge in [0.05, 0.1) is 17.8 Å². The summed E-state index contributed by atoms with van der Waals surface area (Å²) < 4.78 is 8.16. The van der Waals surface area contributed by atoms with Crippen LogP contribution in [0.25, 0.3) is 0 Å². The van der Waals surface area contributed by atoms with Gasteiger partial charge in [-0.1, -0.05) is 0 Å². The first-order chi connectivity index (χ1) is 9.11. The normalized spacial score (nSPS) is 11.8. The van der Waals surface area contributed by atoms with Gasteiger partial charge >= 0.3 is 5.97 Å². The molecule has 1 aromatic carbocycles. The highest BCUT2D eigenvalue weighted by molar-refractivity contribution is 7.58. The van der Waals surface area contributed by atoms with E-state index < -0.39 is 5.97 Å². The molecule has 1 aromatic rings. The van der Waals surface area contributed by atoms with Crippen LogP contribution in [0, 0.1) is 0 Å². The van der Waals surface area contributed by atoms with Crippen LogP contribution < -0.4 is 0 Å². The number of carboxylic acid groups (broad SMARTS) is 1. The van der Waals surface area contributed by atoms with E-state index in [2.05, 4.69) is 8.73 Å². The average Bonchev–Trinajstić information content (AvgIpc) is 2.85. The van der Waals surface area contributed by atoms with Crippen LogP contribution in [0.1, 0.15) is 23.7 Å². The number of rotatable bonds is 5. The SMILES string of the molecule is CCN(CCC(=O)O)C(=O)c1ccc2c(c1)N=S=N2. The summed E-state index contributed by atoms with van der Waals surface area (Å²) in [6.45, 7) is 2.50. The third kappa shape index (κ3) is 3.05. The number of nitrogens with zero attached hydrogens (tertiary/aromatic N) is 3. The number of carbonyl (C=O) groups is 2. The monoisotopic (exact) mass is 279 g/mol. The molecule has 0 aromatic heterocycles. The third-order valence-corrected chi connectivity index (χ3v) is 3.32. The van der Waals surface area contributed by atoms with Crippen molar-refractivity contribution in [3.63, 3.8) is 0 Å². The summed E-state index contributed by atoms with van der Waals surface area (Å²) >= 11 is 1.10. The lowest BCUT2D eigenvalue weighted by molar-refractivity contribution is -0.137. The highest BCUT2D eigenvalue weighted by Crippen LogP contribution is 2.32. The summed E-state index contributed by atoms with van der Waals surface area (Å²) in [6, 6.07) is 5.12. The number of carboxylic acids is 1. The minimum absolute atomic E-state index is 0.0555. The van der Waals surface area contributed by atoms with Crippen molar-refractivity contribution in [1.82, 2.24) is 4.90 Å². The van der Waals surface area contributed by atoms with Gasteiger partial charge in [-0.05, 0) is 25.1 Å². The smallest absolute Gasteiger partial charge is 0.305 e. The molecule has 0 fully saturated rings. The van der Waals surface area contributed by atoms with Crippen LogP contribution in [0.15, 0.2) is 26.9 Å². The second-order valence-electron chi connectivity index (χ2n) is 4.00. The molecule has 0 radical (unpaired) electrons. The van der Waals surface area contributed by atoms with Crippen LogP contribution in [0.4, 0.5) is 11.4 Å². The number of fused-ring (bicyclic) bond motifs is 1. The second-order valence-corrected chi connectivity index (χ2v) is 4.52. The fourth-order valence-corrected chi connectivity index (χ4v) is 2.25. The molecule has 1 N–H and O–H groups in total. The first-order valence-corrected chi connectivity index (χ1v) is 6.58. The first-order valence-electron chi connectivity index (χ1n) is 5.85. The van der Waals surface area contributed by atoms with Crippen molar-refractivity contribution < 1.29 is 14.7 Å². The Bertz CT molecular complexity index is 594. The number of hydrogen-bond acceptors (Lipinski definition) is 4. The molecule has 0 saturated carbocycles. The first kappa shape index (κ1) is 13.4. The Morgan fingerprint density at radius 3 is 2.74 bits per heavy atom. The predicted molar refractivity (Wildman–Crippen MR) is 71.8 cm³/mol. The van der Waals surface area contributed by atoms with Crippen LogP contribution in [-0.4, -0.2) is 35.0 Å². The number of amides is 1. The number of aliphatic carboxylic acids is 1. The molecule has 2 rings (SSSR count). The molecule has 7 heteroatoms. The van der Waals surface area contributed by atoms with Gasteiger partial charge in [0.25, 0.3) is 5.91 Å². The van der Waals surface area contributed by atoms with Gasteiger partial charge in [0.1, 0.15) is 11.4 Å². The Labute approximate surface area is 113 Å². The summed E-state index contributed by atoms with van der Waals surface area (Å²) in [6.07, 6.45) is -0.0555. The van der Waals surface area contributed by atoms with Crippen molar-refractivity contribution in [2.24, 2.45) is 8.73 Å². The van der Waals surface area contributed by atoms with E-state index in [4.69, 9.17) is 5.11 Å². The fraction of sp³-hybridized carbons (Fsp3) is 0.333. The van der Waals surface area contributed by atoms with E-state index >= 15 is 0 Å². The van der Waals surface area contributed by atoms with Gasteiger partial charge in [0.2, 0.25) is 0 Å². The third-order valence-electron chi connectivity index (χ3n) is 2.77. The molecule has 0 unspecified atom stereocenters. The highest BCUT2D eigenvalue weighted by Gasteiger charge is 2.17. The molecule has 19 heavy (non-hydrogen) atoms. The van der Waals surface area contributed by atoms with Gasteiger partial charge < -0.3 is 10.0 Å². The van der Waals surface area contributed by atoms with Crippen molar-refractivity contribution in [3.8, 4) is 0 Å². The van der Waals surface area contributed by atoms with Crippen molar-refractivity contribution in [3.05, 3.63) is 23.8 Å². The zero-order chi connectivity index (χ0) is 13.8. The molecular formula is C12H13N3O3S. The van der Waals surface area contributed by atoms with E-state index in [1.54, 1.807) is 18.2 Å². The van der Waals surface area contributed by atoms with Crippen molar-refractivity contribution in [2.45, 2.75) is 13.3 Å². The van der Waals surface area contributed by atoms with Crippen LogP contribution >= 0.6 is 0 Å². The average molecular weight is 279 g/mol. The van der Waals surface area contributed by atoms with Crippen molar-refractivity contribution in [1.29, 1.82) is 0 Å². The maximum absolute atomic E-state index is 12.2. The quantitative estimate of drug-likeness (QED) is 0.912. The van der Waals surface area contributed by atoms with Crippen molar-refractivity contribution in [2.75, 3.05) is 13.1 Å². The van der Waals surface area contributed by atoms with Crippen LogP contribution in [-0.2, 0) is 16.1 Å². The summed E-state index contributed by atoms with van der Waals surface area (Å²) in [4.78, 5) is 24.3. The van der Waals surface area contributed by atoms with Crippen LogP contribution in [0.5, 0.6) is 0 Å². The van der Waals surface area contributed by atoms with Gasteiger partial charge in [-0.3, -0.25) is 9.59 Å². The Morgan fingerprint density at radius 1 is 1.32 bits per heavy atom. The van der Waals surface area contributed by atoms with E-state index in [0.29, 0.717) is 17.8 Å². The minimum Gasteiger partial charge on any atom is -0.481 e. The molecule has 100 valence electrons. The Morgan fingerprint density at radius 2 is 2.05 bits per heavy atom. The fourth-order valence-electron chi connectivity index (χ4n) is 1.73. The number of hydrogen-bond donors (Lipinski definition) is 1. The van der Waals surface area contributed by atoms with Crippen LogP contribution in [0.2, 0.25) is 0 Å². The van der Waals surface area contributed by atoms with Crippen LogP contribution in [0.3, 0.4) is 0 Å². The lowest BCUT2D eigenvalue weighted by atomic mass is 10.1. The van der Waals surface area contributed by atoms with E-state index in [1.807, 2.05) is 6.92 Å². The molecule has 0 saturated heterocycles. The Balaban J connectivity index is 2.13. The lowest BCUT2D eigenvalue weighted by Gasteiger charge is -2.20. The van der Waals surface area contributed by atoms with E-state index in [0.717, 1.165) is 17.0 Å². The van der Waals surface area contributed by atoms with E-state index in [-0.39, 0.29) is 18.9 Å². The molecule has 1 aliphatic heterocycles. The number of carbonyl (C=O) groups excluding carboxylic acids is 1. The molecule has 1 heterocycles. The zero-order valence-electron chi connectivity index (χ0n) is 10.4. The van der Waals surface area contributed by atoms with Gasteiger partial charge in [-0.15, -0.1) is 0 Å². The zero-order valence-corrected chi connectivity index (χ0v) is 11.2. The van der Waals surface area contributed by atoms with E-state index in [1.165, 1.54) is 4.90 Å².